The van der Waals surface area contributed by atoms with Gasteiger partial charge in [-0.2, -0.15) is 13.2 Å². The van der Waals surface area contributed by atoms with Crippen LogP contribution < -0.4 is 10.2 Å². The molecule has 1 aliphatic rings. The molecule has 2 heterocycles. The lowest BCUT2D eigenvalue weighted by Gasteiger charge is -2.18. The summed E-state index contributed by atoms with van der Waals surface area (Å²) >= 11 is -0.298. The Bertz CT molecular complexity index is 966. The van der Waals surface area contributed by atoms with E-state index < -0.39 is 35.4 Å². The van der Waals surface area contributed by atoms with Crippen molar-refractivity contribution in [1.29, 1.82) is 0 Å². The van der Waals surface area contributed by atoms with E-state index in [1.54, 1.807) is 13.0 Å². The molecule has 3 rings (SSSR count). The quantitative estimate of drug-likeness (QED) is 0.561. The lowest BCUT2D eigenvalue weighted by Crippen LogP contribution is -2.35. The van der Waals surface area contributed by atoms with Crippen LogP contribution in [-0.4, -0.2) is 39.5 Å². The van der Waals surface area contributed by atoms with Crippen LogP contribution in [0.1, 0.15) is 28.9 Å². The van der Waals surface area contributed by atoms with E-state index in [1.807, 2.05) is 0 Å². The molecular weight excluding hydrogens is 411 g/mol. The van der Waals surface area contributed by atoms with Gasteiger partial charge in [-0.25, -0.2) is 19.5 Å². The highest BCUT2D eigenvalue weighted by Crippen LogP contribution is 2.37. The van der Waals surface area contributed by atoms with Crippen molar-refractivity contribution in [3.8, 4) is 0 Å². The molecule has 0 saturated carbocycles. The number of urea groups is 1. The molecule has 1 aromatic carbocycles. The predicted molar refractivity (Wildman–Crippen MR) is 97.8 cm³/mol. The van der Waals surface area contributed by atoms with Crippen LogP contribution in [0.15, 0.2) is 47.5 Å². The van der Waals surface area contributed by atoms with E-state index in [-0.39, 0.29) is 28.0 Å². The summed E-state index contributed by atoms with van der Waals surface area (Å²) in [5.74, 6) is -2.37. The van der Waals surface area contributed by atoms with Gasteiger partial charge in [0.25, 0.3) is 5.91 Å². The number of carboxylic acid groups (broad SMARTS) is 1. The van der Waals surface area contributed by atoms with Crippen LogP contribution in [-0.2, 0) is 4.79 Å². The van der Waals surface area contributed by atoms with Crippen LogP contribution in [0, 0.1) is 0 Å². The number of nitrogens with zero attached hydrogens (tertiary/aromatic N) is 2. The molecule has 1 aromatic heterocycles. The second-order valence-corrected chi connectivity index (χ2v) is 7.35. The number of nitrogens with one attached hydrogen (secondary N) is 1. The van der Waals surface area contributed by atoms with Gasteiger partial charge in [0.2, 0.25) is 0 Å². The number of hydrogen-bond acceptors (Lipinski definition) is 5. The van der Waals surface area contributed by atoms with Crippen molar-refractivity contribution in [3.63, 3.8) is 0 Å². The van der Waals surface area contributed by atoms with Gasteiger partial charge in [-0.3, -0.25) is 4.79 Å². The molecule has 7 nitrogen and oxygen atoms in total. The number of pyridine rings is 1. The van der Waals surface area contributed by atoms with Crippen molar-refractivity contribution < 1.29 is 32.7 Å². The monoisotopic (exact) mass is 425 g/mol. The molecule has 2 atom stereocenters. The fourth-order valence-corrected chi connectivity index (χ4v) is 3.46. The Kier molecular flexibility index (Phi) is 5.51. The summed E-state index contributed by atoms with van der Waals surface area (Å²) in [6, 6.07) is 6.05. The summed E-state index contributed by atoms with van der Waals surface area (Å²) in [6.45, 7) is 1.65. The van der Waals surface area contributed by atoms with Crippen molar-refractivity contribution in [2.24, 2.45) is 0 Å². The summed E-state index contributed by atoms with van der Waals surface area (Å²) in [5.41, 5.74) is -4.01. The van der Waals surface area contributed by atoms with Crippen LogP contribution in [0.2, 0.25) is 0 Å². The van der Waals surface area contributed by atoms with Crippen molar-refractivity contribution in [2.75, 3.05) is 4.90 Å². The summed E-state index contributed by atoms with van der Waals surface area (Å²) in [7, 11) is 0. The molecule has 0 bridgehead atoms. The number of carbonyl (C=O) groups excluding carboxylic acids is 2. The highest BCUT2D eigenvalue weighted by molar-refractivity contribution is 8.00. The third kappa shape index (κ3) is 4.50. The van der Waals surface area contributed by atoms with E-state index in [2.05, 4.69) is 10.3 Å². The van der Waals surface area contributed by atoms with Crippen molar-refractivity contribution >= 4 is 35.4 Å². The molecule has 29 heavy (non-hydrogen) atoms. The van der Waals surface area contributed by atoms with Crippen molar-refractivity contribution in [3.05, 3.63) is 53.9 Å². The largest absolute Gasteiger partial charge is 0.477 e. The average Bonchev–Trinajstić information content (AvgIpc) is 2.95. The number of anilines is 1. The fraction of sp³-hybridized carbons (Fsp3) is 0.222. The van der Waals surface area contributed by atoms with Crippen molar-refractivity contribution in [1.82, 2.24) is 10.3 Å². The van der Waals surface area contributed by atoms with E-state index in [0.717, 1.165) is 4.90 Å². The molecular formula is C18H14F3N3O4S. The molecule has 1 saturated heterocycles. The normalized spacial score (nSPS) is 17.9. The number of alkyl halides is 3. The molecule has 2 N–H and O–H groups in total. The maximum atomic E-state index is 12.8. The van der Waals surface area contributed by atoms with E-state index in [1.165, 1.54) is 36.5 Å². The number of hydrogen-bond donors (Lipinski definition) is 2. The van der Waals surface area contributed by atoms with E-state index in [4.69, 9.17) is 5.11 Å². The minimum absolute atomic E-state index is 0.0730. The van der Waals surface area contributed by atoms with Gasteiger partial charge in [0.1, 0.15) is 11.7 Å². The standard InChI is InChI=1S/C18H14F3N3O4S/c1-9(10-6-7-22-13(8-10)16(26)27)14-15(25)24(17(28)23-14)11-2-4-12(5-3-11)29-18(19,20)21/h2-9,14H,1H3,(H,23,28)(H,26,27). The first kappa shape index (κ1) is 20.6. The Morgan fingerprint density at radius 3 is 2.48 bits per heavy atom. The SMILES string of the molecule is CC(c1ccnc(C(=O)O)c1)C1NC(=O)N(c2ccc(SC(F)(F)F)cc2)C1=O. The molecule has 1 aliphatic heterocycles. The van der Waals surface area contributed by atoms with Gasteiger partial charge in [0.05, 0.1) is 5.69 Å². The topological polar surface area (TPSA) is 99.6 Å². The van der Waals surface area contributed by atoms with Gasteiger partial charge >= 0.3 is 17.5 Å². The second-order valence-electron chi connectivity index (χ2n) is 6.21. The number of imide groups is 1. The number of carbonyl (C=O) groups is 3. The fourth-order valence-electron chi connectivity index (χ4n) is 2.92. The van der Waals surface area contributed by atoms with Gasteiger partial charge in [-0.05, 0) is 53.7 Å². The molecule has 3 amide bonds. The number of carboxylic acids is 1. The van der Waals surface area contributed by atoms with Gasteiger partial charge in [-0.15, -0.1) is 0 Å². The highest BCUT2D eigenvalue weighted by Gasteiger charge is 2.42. The minimum Gasteiger partial charge on any atom is -0.477 e. The van der Waals surface area contributed by atoms with Gasteiger partial charge in [-0.1, -0.05) is 6.92 Å². The molecule has 1 fully saturated rings. The Balaban J connectivity index is 1.81. The zero-order chi connectivity index (χ0) is 21.3. The predicted octanol–water partition coefficient (Wildman–Crippen LogP) is 3.62. The number of benzene rings is 1. The first-order chi connectivity index (χ1) is 13.6. The molecule has 0 radical (unpaired) electrons. The number of aromatic nitrogens is 1. The molecule has 0 aliphatic carbocycles. The van der Waals surface area contributed by atoms with Gasteiger partial charge in [0.15, 0.2) is 0 Å². The lowest BCUT2D eigenvalue weighted by atomic mass is 9.93. The Morgan fingerprint density at radius 2 is 1.90 bits per heavy atom. The molecule has 0 spiro atoms. The number of aromatic carboxylic acids is 1. The van der Waals surface area contributed by atoms with Crippen molar-refractivity contribution in [2.45, 2.75) is 29.3 Å². The molecule has 2 unspecified atom stereocenters. The number of thioether (sulfide) groups is 1. The van der Waals surface area contributed by atoms with Crippen LogP contribution in [0.3, 0.4) is 0 Å². The van der Waals surface area contributed by atoms with E-state index >= 15 is 0 Å². The summed E-state index contributed by atoms with van der Waals surface area (Å²) in [4.78, 5) is 40.7. The number of rotatable bonds is 5. The Morgan fingerprint density at radius 1 is 1.24 bits per heavy atom. The maximum absolute atomic E-state index is 12.8. The smallest absolute Gasteiger partial charge is 0.446 e. The molecule has 2 aromatic rings. The minimum atomic E-state index is -4.44. The van der Waals surface area contributed by atoms with Gasteiger partial charge in [0, 0.05) is 17.0 Å². The number of halogens is 3. The first-order valence-corrected chi connectivity index (χ1v) is 9.08. The van der Waals surface area contributed by atoms with Gasteiger partial charge < -0.3 is 10.4 Å². The van der Waals surface area contributed by atoms with Crippen LogP contribution in [0.25, 0.3) is 0 Å². The maximum Gasteiger partial charge on any atom is 0.446 e. The first-order valence-electron chi connectivity index (χ1n) is 8.26. The summed E-state index contributed by atoms with van der Waals surface area (Å²) in [6.07, 6.45) is 1.30. The molecule has 152 valence electrons. The Labute approximate surface area is 166 Å². The summed E-state index contributed by atoms with van der Waals surface area (Å²) in [5, 5.41) is 11.6. The zero-order valence-corrected chi connectivity index (χ0v) is 15.6. The second kappa shape index (κ2) is 7.74. The van der Waals surface area contributed by atoms with Crippen LogP contribution in [0.4, 0.5) is 23.7 Å². The Hall–Kier alpha value is -3.08. The lowest BCUT2D eigenvalue weighted by molar-refractivity contribution is -0.118. The van der Waals surface area contributed by atoms with E-state index in [9.17, 15) is 27.6 Å². The third-order valence-electron chi connectivity index (χ3n) is 4.33. The van der Waals surface area contributed by atoms with Crippen LogP contribution >= 0.6 is 11.8 Å². The third-order valence-corrected chi connectivity index (χ3v) is 5.07. The average molecular weight is 425 g/mol. The van der Waals surface area contributed by atoms with Crippen LogP contribution in [0.5, 0.6) is 0 Å². The zero-order valence-electron chi connectivity index (χ0n) is 14.8. The summed E-state index contributed by atoms with van der Waals surface area (Å²) < 4.78 is 37.3. The molecule has 11 heteroatoms. The number of amides is 3. The highest BCUT2D eigenvalue weighted by atomic mass is 32.2. The van der Waals surface area contributed by atoms with E-state index in [0.29, 0.717) is 5.56 Å².